The summed E-state index contributed by atoms with van der Waals surface area (Å²) in [4.78, 5) is 12.7. The molecule has 0 aromatic heterocycles. The molecule has 25 heavy (non-hydrogen) atoms. The fraction of sp³-hybridized carbons (Fsp3) is 0.316. The number of sulfonamides is 1. The van der Waals surface area contributed by atoms with Crippen LogP contribution < -0.4 is 9.62 Å². The molecule has 2 rings (SSSR count). The number of carbonyl (C=O) groups excluding carboxylic acids is 1. The van der Waals surface area contributed by atoms with E-state index in [-0.39, 0.29) is 5.91 Å². The van der Waals surface area contributed by atoms with Gasteiger partial charge in [0.2, 0.25) is 15.9 Å². The number of carbonyl (C=O) groups is 1. The maximum Gasteiger partial charge on any atom is 0.244 e. The topological polar surface area (TPSA) is 66.5 Å². The molecule has 1 N–H and O–H groups in total. The van der Waals surface area contributed by atoms with E-state index in [0.29, 0.717) is 18.7 Å². The van der Waals surface area contributed by atoms with Crippen LogP contribution >= 0.6 is 0 Å². The summed E-state index contributed by atoms with van der Waals surface area (Å²) in [7, 11) is -3.59. The van der Waals surface area contributed by atoms with Crippen molar-refractivity contribution < 1.29 is 13.2 Å². The second kappa shape index (κ2) is 8.16. The lowest BCUT2D eigenvalue weighted by Gasteiger charge is -2.30. The number of rotatable bonds is 7. The number of amides is 1. The van der Waals surface area contributed by atoms with Crippen molar-refractivity contribution in [2.24, 2.45) is 0 Å². The Morgan fingerprint density at radius 1 is 1.12 bits per heavy atom. The first-order valence-electron chi connectivity index (χ1n) is 8.20. The van der Waals surface area contributed by atoms with Crippen molar-refractivity contribution >= 4 is 21.6 Å². The summed E-state index contributed by atoms with van der Waals surface area (Å²) in [6, 6.07) is 15.8. The van der Waals surface area contributed by atoms with E-state index in [0.717, 1.165) is 17.4 Å². The van der Waals surface area contributed by atoms with Crippen molar-refractivity contribution in [1.82, 2.24) is 5.32 Å². The highest BCUT2D eigenvalue weighted by Crippen LogP contribution is 2.22. The first kappa shape index (κ1) is 19.0. The monoisotopic (exact) mass is 360 g/mol. The van der Waals surface area contributed by atoms with Crippen LogP contribution in [0.25, 0.3) is 0 Å². The van der Waals surface area contributed by atoms with Gasteiger partial charge in [-0.1, -0.05) is 55.0 Å². The molecule has 0 saturated carbocycles. The van der Waals surface area contributed by atoms with Gasteiger partial charge in [-0.3, -0.25) is 9.10 Å². The Balaban J connectivity index is 2.21. The van der Waals surface area contributed by atoms with Crippen molar-refractivity contribution in [2.75, 3.05) is 10.6 Å². The van der Waals surface area contributed by atoms with Crippen molar-refractivity contribution in [1.29, 1.82) is 0 Å². The summed E-state index contributed by atoms with van der Waals surface area (Å²) in [6.45, 7) is 4.16. The Kier molecular flexibility index (Phi) is 6.20. The van der Waals surface area contributed by atoms with Gasteiger partial charge in [-0.25, -0.2) is 8.42 Å². The number of hydrogen-bond acceptors (Lipinski definition) is 3. The van der Waals surface area contributed by atoms with Crippen molar-refractivity contribution in [2.45, 2.75) is 32.9 Å². The molecule has 0 bridgehead atoms. The van der Waals surface area contributed by atoms with Crippen LogP contribution in [0.3, 0.4) is 0 Å². The van der Waals surface area contributed by atoms with Crippen LogP contribution in [0, 0.1) is 6.92 Å². The minimum atomic E-state index is -3.59. The van der Waals surface area contributed by atoms with Gasteiger partial charge in [0.1, 0.15) is 6.04 Å². The highest BCUT2D eigenvalue weighted by molar-refractivity contribution is 7.92. The van der Waals surface area contributed by atoms with Crippen LogP contribution in [0.1, 0.15) is 24.5 Å². The zero-order valence-corrected chi connectivity index (χ0v) is 15.6. The Labute approximate surface area is 149 Å². The van der Waals surface area contributed by atoms with E-state index in [4.69, 9.17) is 0 Å². The van der Waals surface area contributed by atoms with E-state index in [1.165, 1.54) is 4.31 Å². The molecule has 2 aromatic carbocycles. The van der Waals surface area contributed by atoms with E-state index in [1.54, 1.807) is 31.2 Å². The SMILES string of the molecule is CC[C@H](C(=O)NCc1cccc(C)c1)N(c1ccccc1)S(C)(=O)=O. The molecule has 0 unspecified atom stereocenters. The molecule has 0 spiro atoms. The van der Waals surface area contributed by atoms with E-state index in [2.05, 4.69) is 5.32 Å². The molecule has 1 amide bonds. The second-order valence-electron chi connectivity index (χ2n) is 6.03. The second-order valence-corrected chi connectivity index (χ2v) is 7.88. The lowest BCUT2D eigenvalue weighted by molar-refractivity contribution is -0.122. The predicted octanol–water partition coefficient (Wildman–Crippen LogP) is 2.86. The number of nitrogens with one attached hydrogen (secondary N) is 1. The van der Waals surface area contributed by atoms with Gasteiger partial charge in [0.05, 0.1) is 11.9 Å². The summed E-state index contributed by atoms with van der Waals surface area (Å²) in [6.07, 6.45) is 1.50. The van der Waals surface area contributed by atoms with E-state index in [9.17, 15) is 13.2 Å². The van der Waals surface area contributed by atoms with Crippen LogP contribution in [0.2, 0.25) is 0 Å². The van der Waals surface area contributed by atoms with Gasteiger partial charge < -0.3 is 5.32 Å². The third kappa shape index (κ3) is 5.06. The number of anilines is 1. The molecule has 0 saturated heterocycles. The quantitative estimate of drug-likeness (QED) is 0.826. The minimum absolute atomic E-state index is 0.307. The van der Waals surface area contributed by atoms with Gasteiger partial charge in [0.25, 0.3) is 0 Å². The highest BCUT2D eigenvalue weighted by atomic mass is 32.2. The number of benzene rings is 2. The Bertz CT molecular complexity index is 820. The third-order valence-electron chi connectivity index (χ3n) is 3.89. The summed E-state index contributed by atoms with van der Waals surface area (Å²) >= 11 is 0. The molecule has 0 fully saturated rings. The highest BCUT2D eigenvalue weighted by Gasteiger charge is 2.31. The van der Waals surface area contributed by atoms with E-state index >= 15 is 0 Å². The normalized spacial score (nSPS) is 12.4. The van der Waals surface area contributed by atoms with Crippen LogP contribution in [0.4, 0.5) is 5.69 Å². The van der Waals surface area contributed by atoms with Crippen LogP contribution in [0.5, 0.6) is 0 Å². The smallest absolute Gasteiger partial charge is 0.244 e. The van der Waals surface area contributed by atoms with Crippen molar-refractivity contribution in [3.63, 3.8) is 0 Å². The predicted molar refractivity (Wildman–Crippen MR) is 101 cm³/mol. The molecule has 0 aliphatic carbocycles. The standard InChI is InChI=1S/C19H24N2O3S/c1-4-18(19(22)20-14-16-10-8-9-15(2)13-16)21(25(3,23)24)17-11-6-5-7-12-17/h5-13,18H,4,14H2,1-3H3,(H,20,22)/t18-/m1/s1. The summed E-state index contributed by atoms with van der Waals surface area (Å²) in [5.74, 6) is -0.307. The van der Waals surface area contributed by atoms with Crippen molar-refractivity contribution in [3.8, 4) is 0 Å². The largest absolute Gasteiger partial charge is 0.350 e. The molecule has 2 aromatic rings. The molecule has 6 heteroatoms. The maximum absolute atomic E-state index is 12.7. The molecular formula is C19H24N2O3S. The van der Waals surface area contributed by atoms with Crippen molar-refractivity contribution in [3.05, 3.63) is 65.7 Å². The summed E-state index contributed by atoms with van der Waals surface area (Å²) in [5, 5.41) is 2.85. The van der Waals surface area contributed by atoms with Gasteiger partial charge in [0.15, 0.2) is 0 Å². The first-order valence-corrected chi connectivity index (χ1v) is 10.1. The van der Waals surface area contributed by atoms with Crippen LogP contribution in [-0.2, 0) is 21.4 Å². The van der Waals surface area contributed by atoms with Crippen LogP contribution in [-0.4, -0.2) is 26.6 Å². The van der Waals surface area contributed by atoms with Gasteiger partial charge in [-0.15, -0.1) is 0 Å². The number of hydrogen-bond donors (Lipinski definition) is 1. The van der Waals surface area contributed by atoms with Gasteiger partial charge in [-0.2, -0.15) is 0 Å². The van der Waals surface area contributed by atoms with Crippen LogP contribution in [0.15, 0.2) is 54.6 Å². The van der Waals surface area contributed by atoms with E-state index in [1.807, 2.05) is 37.3 Å². The summed E-state index contributed by atoms with van der Waals surface area (Å²) in [5.41, 5.74) is 2.58. The molecule has 5 nitrogen and oxygen atoms in total. The average Bonchev–Trinajstić information content (AvgIpc) is 2.57. The molecular weight excluding hydrogens is 336 g/mol. The number of aryl methyl sites for hydroxylation is 1. The Morgan fingerprint density at radius 2 is 1.80 bits per heavy atom. The fourth-order valence-electron chi connectivity index (χ4n) is 2.76. The zero-order valence-electron chi connectivity index (χ0n) is 14.8. The molecule has 134 valence electrons. The lowest BCUT2D eigenvalue weighted by Crippen LogP contribution is -2.49. The molecule has 0 aliphatic heterocycles. The first-order chi connectivity index (χ1) is 11.8. The maximum atomic E-state index is 12.7. The fourth-order valence-corrected chi connectivity index (χ4v) is 3.98. The van der Waals surface area contributed by atoms with Gasteiger partial charge in [-0.05, 0) is 31.0 Å². The number of nitrogens with zero attached hydrogens (tertiary/aromatic N) is 1. The molecule has 0 aliphatic rings. The Hall–Kier alpha value is -2.34. The third-order valence-corrected chi connectivity index (χ3v) is 5.07. The minimum Gasteiger partial charge on any atom is -0.350 e. The van der Waals surface area contributed by atoms with Gasteiger partial charge >= 0.3 is 0 Å². The zero-order chi connectivity index (χ0) is 18.4. The van der Waals surface area contributed by atoms with Gasteiger partial charge in [0, 0.05) is 6.54 Å². The number of para-hydroxylation sites is 1. The molecule has 0 heterocycles. The average molecular weight is 360 g/mol. The lowest BCUT2D eigenvalue weighted by atomic mass is 10.1. The molecule has 0 radical (unpaired) electrons. The Morgan fingerprint density at radius 3 is 2.36 bits per heavy atom. The molecule has 1 atom stereocenters. The van der Waals surface area contributed by atoms with E-state index < -0.39 is 16.1 Å². The summed E-state index contributed by atoms with van der Waals surface area (Å²) < 4.78 is 25.8.